The predicted molar refractivity (Wildman–Crippen MR) is 92.7 cm³/mol. The molecular weight excluding hydrogens is 294 g/mol. The average molecular weight is 326 g/mol. The van der Waals surface area contributed by atoms with Gasteiger partial charge in [0.05, 0.1) is 6.10 Å². The third-order valence-electron chi connectivity index (χ3n) is 3.54. The molecule has 0 saturated heterocycles. The molecule has 1 atom stereocenters. The van der Waals surface area contributed by atoms with E-state index in [0.29, 0.717) is 13.2 Å². The number of rotatable bonds is 12. The third kappa shape index (κ3) is 6.58. The van der Waals surface area contributed by atoms with Crippen LogP contribution in [0, 0.1) is 0 Å². The van der Waals surface area contributed by atoms with Crippen LogP contribution in [0.1, 0.15) is 51.7 Å². The van der Waals surface area contributed by atoms with Crippen molar-refractivity contribution in [3.05, 3.63) is 35.9 Å². The number of unbranched alkanes of at least 4 members (excludes halogenated alkanes) is 2. The minimum absolute atomic E-state index is 0.0273. The molecule has 1 unspecified atom stereocenters. The maximum absolute atomic E-state index is 6.35. The van der Waals surface area contributed by atoms with Crippen LogP contribution >= 0.6 is 0 Å². The Bertz CT molecular complexity index is 383. The van der Waals surface area contributed by atoms with E-state index >= 15 is 0 Å². The zero-order valence-corrected chi connectivity index (χ0v) is 15.2. The summed E-state index contributed by atoms with van der Waals surface area (Å²) in [5, 5.41) is 0. The minimum Gasteiger partial charge on any atom is -0.374 e. The van der Waals surface area contributed by atoms with Crippen molar-refractivity contribution in [2.75, 3.05) is 19.8 Å². The van der Waals surface area contributed by atoms with Gasteiger partial charge < -0.3 is 19.0 Å². The summed E-state index contributed by atoms with van der Waals surface area (Å²) in [6.45, 7) is 8.03. The summed E-state index contributed by atoms with van der Waals surface area (Å²) in [7, 11) is -2.63. The molecule has 0 bridgehead atoms. The van der Waals surface area contributed by atoms with Gasteiger partial charge in [0, 0.05) is 19.3 Å². The lowest BCUT2D eigenvalue weighted by atomic mass is 10.1. The Morgan fingerprint density at radius 3 is 2.18 bits per heavy atom. The van der Waals surface area contributed by atoms with Crippen molar-refractivity contribution in [1.29, 1.82) is 0 Å². The van der Waals surface area contributed by atoms with Crippen LogP contribution in [0.3, 0.4) is 0 Å². The molecule has 2 N–H and O–H groups in total. The standard InChI is InChI=1S/C17H31NO3Si/c1-4-19-22(20-5-2,15-11-7-10-14-18)21-16(3)17-12-8-6-9-13-17/h6,8-9,12-13,16H,4-5,7,10-11,14-15,18H2,1-3H3. The first kappa shape index (κ1) is 19.3. The first-order valence-corrected chi connectivity index (χ1v) is 10.3. The molecule has 0 aliphatic rings. The van der Waals surface area contributed by atoms with E-state index in [0.717, 1.165) is 37.4 Å². The summed E-state index contributed by atoms with van der Waals surface area (Å²) in [5.41, 5.74) is 6.72. The van der Waals surface area contributed by atoms with Gasteiger partial charge in [0.2, 0.25) is 0 Å². The van der Waals surface area contributed by atoms with Gasteiger partial charge in [-0.1, -0.05) is 36.8 Å². The molecule has 0 saturated carbocycles. The Morgan fingerprint density at radius 1 is 1.00 bits per heavy atom. The summed E-state index contributed by atoms with van der Waals surface area (Å²) in [5.74, 6) is 0. The SMILES string of the molecule is CCO[Si](CCCCCN)(OCC)OC(C)c1ccccc1. The van der Waals surface area contributed by atoms with Crippen LogP contribution in [0.4, 0.5) is 0 Å². The second-order valence-electron chi connectivity index (χ2n) is 5.32. The minimum atomic E-state index is -2.63. The van der Waals surface area contributed by atoms with Gasteiger partial charge in [-0.15, -0.1) is 0 Å². The second-order valence-corrected chi connectivity index (χ2v) is 8.00. The summed E-state index contributed by atoms with van der Waals surface area (Å²) in [6, 6.07) is 11.1. The molecule has 1 rings (SSSR count). The van der Waals surface area contributed by atoms with Crippen LogP contribution < -0.4 is 5.73 Å². The number of hydrogen-bond donors (Lipinski definition) is 1. The summed E-state index contributed by atoms with van der Waals surface area (Å²) < 4.78 is 18.4. The molecule has 0 aliphatic carbocycles. The molecule has 0 amide bonds. The highest BCUT2D eigenvalue weighted by Gasteiger charge is 2.41. The second kappa shape index (κ2) is 10.9. The van der Waals surface area contributed by atoms with Crippen molar-refractivity contribution in [3.8, 4) is 0 Å². The van der Waals surface area contributed by atoms with E-state index in [1.165, 1.54) is 0 Å². The predicted octanol–water partition coefficient (Wildman–Crippen LogP) is 3.91. The molecule has 0 radical (unpaired) electrons. The molecule has 0 fully saturated rings. The van der Waals surface area contributed by atoms with E-state index in [1.54, 1.807) is 0 Å². The molecule has 0 aromatic heterocycles. The van der Waals surface area contributed by atoms with Gasteiger partial charge >= 0.3 is 8.80 Å². The van der Waals surface area contributed by atoms with Gasteiger partial charge in [0.15, 0.2) is 0 Å². The van der Waals surface area contributed by atoms with Gasteiger partial charge in [0.25, 0.3) is 0 Å². The highest BCUT2D eigenvalue weighted by atomic mass is 28.4. The maximum atomic E-state index is 6.35. The molecule has 126 valence electrons. The highest BCUT2D eigenvalue weighted by Crippen LogP contribution is 2.27. The molecule has 1 aromatic rings. The lowest BCUT2D eigenvalue weighted by molar-refractivity contribution is 0.0372. The van der Waals surface area contributed by atoms with E-state index in [2.05, 4.69) is 19.1 Å². The summed E-state index contributed by atoms with van der Waals surface area (Å²) in [6.07, 6.45) is 3.14. The fourth-order valence-corrected chi connectivity index (χ4v) is 5.34. The van der Waals surface area contributed by atoms with E-state index in [4.69, 9.17) is 19.0 Å². The van der Waals surface area contributed by atoms with Crippen LogP contribution in [0.2, 0.25) is 6.04 Å². The van der Waals surface area contributed by atoms with Gasteiger partial charge in [-0.3, -0.25) is 0 Å². The largest absolute Gasteiger partial charge is 0.501 e. The molecular formula is C17H31NO3Si. The zero-order chi connectivity index (χ0) is 16.3. The van der Waals surface area contributed by atoms with Crippen molar-refractivity contribution in [2.24, 2.45) is 5.73 Å². The fourth-order valence-electron chi connectivity index (χ4n) is 2.48. The highest BCUT2D eigenvalue weighted by molar-refractivity contribution is 6.60. The van der Waals surface area contributed by atoms with E-state index in [9.17, 15) is 0 Å². The molecule has 0 heterocycles. The Hall–Kier alpha value is -0.723. The quantitative estimate of drug-likeness (QED) is 0.468. The third-order valence-corrected chi connectivity index (χ3v) is 6.68. The van der Waals surface area contributed by atoms with Crippen molar-refractivity contribution in [1.82, 2.24) is 0 Å². The molecule has 0 aliphatic heterocycles. The maximum Gasteiger partial charge on any atom is 0.501 e. The van der Waals surface area contributed by atoms with E-state index < -0.39 is 8.80 Å². The molecule has 4 nitrogen and oxygen atoms in total. The lowest BCUT2D eigenvalue weighted by Gasteiger charge is -2.32. The smallest absolute Gasteiger partial charge is 0.374 e. The van der Waals surface area contributed by atoms with Crippen molar-refractivity contribution >= 4 is 8.80 Å². The summed E-state index contributed by atoms with van der Waals surface area (Å²) in [4.78, 5) is 0. The Kier molecular flexibility index (Phi) is 9.59. The summed E-state index contributed by atoms with van der Waals surface area (Å²) >= 11 is 0. The first-order chi connectivity index (χ1) is 10.7. The number of benzene rings is 1. The molecule has 0 spiro atoms. The zero-order valence-electron chi connectivity index (χ0n) is 14.2. The van der Waals surface area contributed by atoms with Gasteiger partial charge in [-0.2, -0.15) is 0 Å². The van der Waals surface area contributed by atoms with Crippen LogP contribution in [-0.2, 0) is 13.3 Å². The van der Waals surface area contributed by atoms with Gasteiger partial charge in [0.1, 0.15) is 0 Å². The molecule has 5 heteroatoms. The van der Waals surface area contributed by atoms with E-state index in [-0.39, 0.29) is 6.10 Å². The number of hydrogen-bond acceptors (Lipinski definition) is 4. The molecule has 22 heavy (non-hydrogen) atoms. The monoisotopic (exact) mass is 325 g/mol. The normalized spacial score (nSPS) is 13.3. The average Bonchev–Trinajstić information content (AvgIpc) is 2.53. The van der Waals surface area contributed by atoms with Gasteiger partial charge in [-0.25, -0.2) is 0 Å². The number of nitrogens with two attached hydrogens (primary N) is 1. The lowest BCUT2D eigenvalue weighted by Crippen LogP contribution is -2.46. The van der Waals surface area contributed by atoms with Crippen LogP contribution in [0.25, 0.3) is 0 Å². The van der Waals surface area contributed by atoms with Crippen molar-refractivity contribution < 1.29 is 13.3 Å². The van der Waals surface area contributed by atoms with E-state index in [1.807, 2.05) is 32.0 Å². The van der Waals surface area contributed by atoms with Crippen LogP contribution in [-0.4, -0.2) is 28.6 Å². The first-order valence-electron chi connectivity index (χ1n) is 8.38. The molecule has 1 aromatic carbocycles. The van der Waals surface area contributed by atoms with Crippen LogP contribution in [0.15, 0.2) is 30.3 Å². The van der Waals surface area contributed by atoms with Gasteiger partial charge in [-0.05, 0) is 45.7 Å². The Morgan fingerprint density at radius 2 is 1.64 bits per heavy atom. The fraction of sp³-hybridized carbons (Fsp3) is 0.647. The van der Waals surface area contributed by atoms with Crippen LogP contribution in [0.5, 0.6) is 0 Å². The van der Waals surface area contributed by atoms with Crippen molar-refractivity contribution in [2.45, 2.75) is 52.2 Å². The Balaban J connectivity index is 2.73. The topological polar surface area (TPSA) is 53.7 Å². The Labute approximate surface area is 136 Å². The van der Waals surface area contributed by atoms with Crippen molar-refractivity contribution in [3.63, 3.8) is 0 Å².